The van der Waals surface area contributed by atoms with Crippen LogP contribution in [0.5, 0.6) is 0 Å². The summed E-state index contributed by atoms with van der Waals surface area (Å²) in [5.41, 5.74) is 2.15. The summed E-state index contributed by atoms with van der Waals surface area (Å²) >= 11 is 7.48. The maximum Gasteiger partial charge on any atom is 0.226 e. The first-order valence-electron chi connectivity index (χ1n) is 7.72. The second kappa shape index (κ2) is 8.05. The number of rotatable bonds is 6. The number of carbonyl (C=O) groups excluding carboxylic acids is 2. The van der Waals surface area contributed by atoms with Crippen molar-refractivity contribution in [3.05, 3.63) is 70.6 Å². The van der Waals surface area contributed by atoms with Crippen molar-refractivity contribution in [2.24, 2.45) is 0 Å². The van der Waals surface area contributed by atoms with E-state index in [2.05, 4.69) is 10.3 Å². The first-order valence-corrected chi connectivity index (χ1v) is 8.98. The van der Waals surface area contributed by atoms with Gasteiger partial charge in [-0.3, -0.25) is 9.59 Å². The van der Waals surface area contributed by atoms with Crippen molar-refractivity contribution >= 4 is 39.8 Å². The minimum Gasteiger partial charge on any atom is -0.302 e. The Morgan fingerprint density at radius 3 is 2.48 bits per heavy atom. The minimum atomic E-state index is -0.232. The van der Waals surface area contributed by atoms with Gasteiger partial charge in [0.15, 0.2) is 10.9 Å². The number of hydrogen-bond donors (Lipinski definition) is 1. The van der Waals surface area contributed by atoms with E-state index in [4.69, 9.17) is 11.6 Å². The molecule has 0 saturated carbocycles. The van der Waals surface area contributed by atoms with Crippen LogP contribution in [0.1, 0.15) is 23.2 Å². The van der Waals surface area contributed by atoms with Gasteiger partial charge in [-0.2, -0.15) is 0 Å². The number of carbonyl (C=O) groups is 2. The highest BCUT2D eigenvalue weighted by Gasteiger charge is 2.12. The fraction of sp³-hybridized carbons (Fsp3) is 0.105. The first-order chi connectivity index (χ1) is 12.1. The largest absolute Gasteiger partial charge is 0.302 e. The molecule has 0 fully saturated rings. The molecule has 0 atom stereocenters. The molecule has 0 bridgehead atoms. The summed E-state index contributed by atoms with van der Waals surface area (Å²) in [6.07, 6.45) is 0.285. The van der Waals surface area contributed by atoms with E-state index in [1.807, 2.05) is 29.6 Å². The third kappa shape index (κ3) is 4.53. The lowest BCUT2D eigenvalue weighted by molar-refractivity contribution is -0.116. The number of aromatic nitrogens is 1. The van der Waals surface area contributed by atoms with Crippen LogP contribution in [-0.4, -0.2) is 16.7 Å². The average molecular weight is 371 g/mol. The molecule has 1 amide bonds. The highest BCUT2D eigenvalue weighted by Crippen LogP contribution is 2.30. The molecule has 0 saturated heterocycles. The first kappa shape index (κ1) is 17.3. The van der Waals surface area contributed by atoms with E-state index in [0.29, 0.717) is 21.4 Å². The van der Waals surface area contributed by atoms with Gasteiger partial charge in [-0.1, -0.05) is 60.1 Å². The Labute approximate surface area is 154 Å². The van der Waals surface area contributed by atoms with Crippen molar-refractivity contribution in [3.63, 3.8) is 0 Å². The fourth-order valence-electron chi connectivity index (χ4n) is 2.30. The van der Waals surface area contributed by atoms with E-state index in [9.17, 15) is 9.59 Å². The van der Waals surface area contributed by atoms with Crippen LogP contribution in [0.4, 0.5) is 5.13 Å². The van der Waals surface area contributed by atoms with Gasteiger partial charge in [0.2, 0.25) is 5.91 Å². The third-order valence-electron chi connectivity index (χ3n) is 3.58. The molecular weight excluding hydrogens is 356 g/mol. The van der Waals surface area contributed by atoms with E-state index in [1.54, 1.807) is 30.3 Å². The van der Waals surface area contributed by atoms with Gasteiger partial charge in [-0.25, -0.2) is 4.98 Å². The van der Waals surface area contributed by atoms with Crippen LogP contribution in [0.25, 0.3) is 11.3 Å². The number of benzene rings is 2. The standard InChI is InChI=1S/C19H15ClN2O2S/c20-15-9-5-4-8-14(15)16-12-25-19(21-16)22-18(24)11-10-17(23)13-6-2-1-3-7-13/h1-9,12H,10-11H2,(H,21,22,24). The molecule has 6 heteroatoms. The van der Waals surface area contributed by atoms with Crippen LogP contribution in [0.3, 0.4) is 0 Å². The van der Waals surface area contributed by atoms with Crippen molar-refractivity contribution in [2.45, 2.75) is 12.8 Å². The second-order valence-corrected chi connectivity index (χ2v) is 6.62. The SMILES string of the molecule is O=C(CCC(=O)c1ccccc1)Nc1nc(-c2ccccc2Cl)cs1. The molecule has 4 nitrogen and oxygen atoms in total. The average Bonchev–Trinajstić information content (AvgIpc) is 3.09. The van der Waals surface area contributed by atoms with Crippen LogP contribution < -0.4 is 5.32 Å². The second-order valence-electron chi connectivity index (χ2n) is 5.36. The van der Waals surface area contributed by atoms with E-state index < -0.39 is 0 Å². The van der Waals surface area contributed by atoms with Gasteiger partial charge in [-0.05, 0) is 6.07 Å². The summed E-state index contributed by atoms with van der Waals surface area (Å²) < 4.78 is 0. The lowest BCUT2D eigenvalue weighted by Crippen LogP contribution is -2.13. The highest BCUT2D eigenvalue weighted by atomic mass is 35.5. The maximum atomic E-state index is 12.0. The lowest BCUT2D eigenvalue weighted by atomic mass is 10.1. The molecule has 0 aliphatic carbocycles. The van der Waals surface area contributed by atoms with E-state index in [-0.39, 0.29) is 24.5 Å². The summed E-state index contributed by atoms with van der Waals surface area (Å²) in [5.74, 6) is -0.281. The van der Waals surface area contributed by atoms with Crippen molar-refractivity contribution in [2.75, 3.05) is 5.32 Å². The Kier molecular flexibility index (Phi) is 5.58. The molecule has 25 heavy (non-hydrogen) atoms. The van der Waals surface area contributed by atoms with E-state index >= 15 is 0 Å². The molecule has 3 aromatic rings. The summed E-state index contributed by atoms with van der Waals surface area (Å²) in [6, 6.07) is 16.4. The molecule has 0 aliphatic heterocycles. The summed E-state index contributed by atoms with van der Waals surface area (Å²) in [6.45, 7) is 0. The van der Waals surface area contributed by atoms with Crippen LogP contribution >= 0.6 is 22.9 Å². The minimum absolute atomic E-state index is 0.0494. The zero-order chi connectivity index (χ0) is 17.6. The Morgan fingerprint density at radius 2 is 1.72 bits per heavy atom. The van der Waals surface area contributed by atoms with Gasteiger partial charge in [0.05, 0.1) is 5.69 Å². The number of Topliss-reactive ketones (excluding diaryl/α,β-unsaturated/α-hetero) is 1. The zero-order valence-electron chi connectivity index (χ0n) is 13.2. The summed E-state index contributed by atoms with van der Waals surface area (Å²) in [7, 11) is 0. The lowest BCUT2D eigenvalue weighted by Gasteiger charge is -2.02. The van der Waals surface area contributed by atoms with Gasteiger partial charge in [0, 0.05) is 34.4 Å². The Balaban J connectivity index is 1.57. The van der Waals surface area contributed by atoms with Gasteiger partial charge in [0.1, 0.15) is 0 Å². The smallest absolute Gasteiger partial charge is 0.226 e. The van der Waals surface area contributed by atoms with Crippen LogP contribution in [0.15, 0.2) is 60.0 Å². The monoisotopic (exact) mass is 370 g/mol. The molecule has 0 spiro atoms. The fourth-order valence-corrected chi connectivity index (χ4v) is 3.26. The number of ketones is 1. The van der Waals surface area contributed by atoms with Crippen molar-refractivity contribution in [1.82, 2.24) is 4.98 Å². The number of amides is 1. The maximum absolute atomic E-state index is 12.0. The van der Waals surface area contributed by atoms with Gasteiger partial charge >= 0.3 is 0 Å². The quantitative estimate of drug-likeness (QED) is 0.616. The molecule has 0 unspecified atom stereocenters. The Hall–Kier alpha value is -2.50. The van der Waals surface area contributed by atoms with Crippen molar-refractivity contribution < 1.29 is 9.59 Å². The molecule has 1 aromatic heterocycles. The number of nitrogens with zero attached hydrogens (tertiary/aromatic N) is 1. The van der Waals surface area contributed by atoms with Gasteiger partial charge < -0.3 is 5.32 Å². The van der Waals surface area contributed by atoms with Crippen LogP contribution in [-0.2, 0) is 4.79 Å². The molecule has 1 heterocycles. The number of anilines is 1. The number of hydrogen-bond acceptors (Lipinski definition) is 4. The molecule has 0 radical (unpaired) electrons. The molecule has 1 N–H and O–H groups in total. The number of halogens is 1. The predicted molar refractivity (Wildman–Crippen MR) is 101 cm³/mol. The topological polar surface area (TPSA) is 59.1 Å². The van der Waals surface area contributed by atoms with E-state index in [0.717, 1.165) is 5.56 Å². The van der Waals surface area contributed by atoms with Crippen molar-refractivity contribution in [3.8, 4) is 11.3 Å². The Morgan fingerprint density at radius 1 is 1.00 bits per heavy atom. The molecule has 3 rings (SSSR count). The summed E-state index contributed by atoms with van der Waals surface area (Å²) in [5, 5.41) is 5.67. The molecule has 126 valence electrons. The number of thiazole rings is 1. The molecule has 0 aliphatic rings. The normalized spacial score (nSPS) is 10.4. The van der Waals surface area contributed by atoms with Crippen LogP contribution in [0.2, 0.25) is 5.02 Å². The predicted octanol–water partition coefficient (Wildman–Crippen LogP) is 5.07. The zero-order valence-corrected chi connectivity index (χ0v) is 14.8. The summed E-state index contributed by atoms with van der Waals surface area (Å²) in [4.78, 5) is 28.4. The number of nitrogens with one attached hydrogen (secondary N) is 1. The van der Waals surface area contributed by atoms with Crippen LogP contribution in [0, 0.1) is 0 Å². The Bertz CT molecular complexity index is 893. The molecule has 2 aromatic carbocycles. The van der Waals surface area contributed by atoms with Gasteiger partial charge in [-0.15, -0.1) is 11.3 Å². The van der Waals surface area contributed by atoms with Crippen molar-refractivity contribution in [1.29, 1.82) is 0 Å². The highest BCUT2D eigenvalue weighted by molar-refractivity contribution is 7.14. The molecular formula is C19H15ClN2O2S. The van der Waals surface area contributed by atoms with Gasteiger partial charge in [0.25, 0.3) is 0 Å². The third-order valence-corrected chi connectivity index (χ3v) is 4.66. The van der Waals surface area contributed by atoms with E-state index in [1.165, 1.54) is 11.3 Å².